The minimum atomic E-state index is -0.202. The molecule has 0 aromatic carbocycles. The van der Waals surface area contributed by atoms with Crippen LogP contribution in [0.15, 0.2) is 24.5 Å². The predicted octanol–water partition coefficient (Wildman–Crippen LogP) is 2.24. The Labute approximate surface area is 137 Å². The van der Waals surface area contributed by atoms with E-state index in [4.69, 9.17) is 4.74 Å². The smallest absolute Gasteiger partial charge is 0.317 e. The molecule has 126 valence electrons. The van der Waals surface area contributed by atoms with Crippen molar-refractivity contribution >= 4 is 11.7 Å². The highest BCUT2D eigenvalue weighted by Gasteiger charge is 2.44. The third-order valence-electron chi connectivity index (χ3n) is 4.48. The summed E-state index contributed by atoms with van der Waals surface area (Å²) in [5.41, 5.74) is 0.815. The molecule has 2 aliphatic rings. The molecule has 2 fully saturated rings. The first kappa shape index (κ1) is 16.1. The SMILES string of the molecule is CC(C)NC(=O)N1CCCC2(CC(Nc3cccnc3)CO2)C1. The van der Waals surface area contributed by atoms with Crippen LogP contribution in [0.3, 0.4) is 0 Å². The van der Waals surface area contributed by atoms with Gasteiger partial charge >= 0.3 is 6.03 Å². The number of hydrogen-bond acceptors (Lipinski definition) is 4. The lowest BCUT2D eigenvalue weighted by Crippen LogP contribution is -2.54. The molecule has 2 amide bonds. The number of carbonyl (C=O) groups is 1. The average molecular weight is 318 g/mol. The van der Waals surface area contributed by atoms with Crippen molar-refractivity contribution in [2.75, 3.05) is 25.0 Å². The van der Waals surface area contributed by atoms with E-state index in [1.807, 2.05) is 37.1 Å². The summed E-state index contributed by atoms with van der Waals surface area (Å²) in [5.74, 6) is 0. The molecular formula is C17H26N4O2. The second-order valence-electron chi connectivity index (χ2n) is 6.91. The standard InChI is InChI=1S/C17H26N4O2/c1-13(2)19-16(22)21-8-4-6-17(12-21)9-15(11-23-17)20-14-5-3-7-18-10-14/h3,5,7,10,13,15,20H,4,6,8-9,11-12H2,1-2H3,(H,19,22). The van der Waals surface area contributed by atoms with Crippen LogP contribution in [-0.2, 0) is 4.74 Å². The van der Waals surface area contributed by atoms with Crippen LogP contribution in [0, 0.1) is 0 Å². The van der Waals surface area contributed by atoms with Crippen molar-refractivity contribution in [1.82, 2.24) is 15.2 Å². The van der Waals surface area contributed by atoms with Crippen LogP contribution < -0.4 is 10.6 Å². The number of nitrogens with zero attached hydrogens (tertiary/aromatic N) is 2. The molecule has 1 spiro atoms. The van der Waals surface area contributed by atoms with Gasteiger partial charge in [0.15, 0.2) is 0 Å². The second-order valence-corrected chi connectivity index (χ2v) is 6.91. The number of urea groups is 1. The van der Waals surface area contributed by atoms with Gasteiger partial charge in [-0.2, -0.15) is 0 Å². The Hall–Kier alpha value is -1.82. The highest BCUT2D eigenvalue weighted by atomic mass is 16.5. The highest BCUT2D eigenvalue weighted by molar-refractivity contribution is 5.74. The number of likely N-dealkylation sites (tertiary alicyclic amines) is 1. The lowest BCUT2D eigenvalue weighted by atomic mass is 9.89. The Balaban J connectivity index is 1.58. The Morgan fingerprint density at radius 3 is 3.13 bits per heavy atom. The molecule has 23 heavy (non-hydrogen) atoms. The Morgan fingerprint density at radius 2 is 2.39 bits per heavy atom. The second kappa shape index (κ2) is 6.74. The largest absolute Gasteiger partial charge is 0.379 e. The van der Waals surface area contributed by atoms with Crippen LogP contribution >= 0.6 is 0 Å². The first-order valence-electron chi connectivity index (χ1n) is 8.42. The maximum atomic E-state index is 12.3. The molecule has 2 saturated heterocycles. The maximum Gasteiger partial charge on any atom is 0.317 e. The molecule has 6 heteroatoms. The van der Waals surface area contributed by atoms with E-state index in [9.17, 15) is 4.79 Å². The lowest BCUT2D eigenvalue weighted by molar-refractivity contribution is -0.0410. The van der Waals surface area contributed by atoms with Gasteiger partial charge in [-0.3, -0.25) is 4.98 Å². The van der Waals surface area contributed by atoms with Crippen LogP contribution in [0.2, 0.25) is 0 Å². The fourth-order valence-corrected chi connectivity index (χ4v) is 3.51. The van der Waals surface area contributed by atoms with Gasteiger partial charge in [0.25, 0.3) is 0 Å². The van der Waals surface area contributed by atoms with E-state index in [1.54, 1.807) is 6.20 Å². The zero-order chi connectivity index (χ0) is 16.3. The van der Waals surface area contributed by atoms with Gasteiger partial charge in [-0.25, -0.2) is 4.79 Å². The van der Waals surface area contributed by atoms with Crippen LogP contribution in [0.4, 0.5) is 10.5 Å². The molecule has 2 atom stereocenters. The summed E-state index contributed by atoms with van der Waals surface area (Å²) in [7, 11) is 0. The van der Waals surface area contributed by atoms with Crippen molar-refractivity contribution < 1.29 is 9.53 Å². The molecule has 0 aliphatic carbocycles. The van der Waals surface area contributed by atoms with Crippen molar-refractivity contribution in [2.45, 2.75) is 50.8 Å². The summed E-state index contributed by atoms with van der Waals surface area (Å²) < 4.78 is 6.15. The van der Waals surface area contributed by atoms with E-state index in [0.717, 1.165) is 31.5 Å². The summed E-state index contributed by atoms with van der Waals surface area (Å²) >= 11 is 0. The van der Waals surface area contributed by atoms with Crippen LogP contribution in [-0.4, -0.2) is 53.3 Å². The van der Waals surface area contributed by atoms with Crippen molar-refractivity contribution in [1.29, 1.82) is 0 Å². The zero-order valence-electron chi connectivity index (χ0n) is 13.9. The fourth-order valence-electron chi connectivity index (χ4n) is 3.51. The molecule has 3 rings (SSSR count). The molecular weight excluding hydrogens is 292 g/mol. The van der Waals surface area contributed by atoms with Gasteiger partial charge in [0.1, 0.15) is 0 Å². The normalized spacial score (nSPS) is 27.4. The van der Waals surface area contributed by atoms with Gasteiger partial charge in [0, 0.05) is 31.4 Å². The number of nitrogens with one attached hydrogen (secondary N) is 2. The van der Waals surface area contributed by atoms with Crippen molar-refractivity contribution in [2.24, 2.45) is 0 Å². The minimum absolute atomic E-state index is 0.0198. The lowest BCUT2D eigenvalue weighted by Gasteiger charge is -2.40. The molecule has 3 heterocycles. The number of anilines is 1. The van der Waals surface area contributed by atoms with E-state index in [0.29, 0.717) is 13.2 Å². The molecule has 0 saturated carbocycles. The van der Waals surface area contributed by atoms with E-state index in [1.165, 1.54) is 0 Å². The zero-order valence-corrected chi connectivity index (χ0v) is 13.9. The number of amides is 2. The third kappa shape index (κ3) is 3.93. The van der Waals surface area contributed by atoms with E-state index in [2.05, 4.69) is 15.6 Å². The van der Waals surface area contributed by atoms with Gasteiger partial charge in [-0.1, -0.05) is 0 Å². The van der Waals surface area contributed by atoms with Crippen LogP contribution in [0.5, 0.6) is 0 Å². The Bertz CT molecular complexity index is 537. The molecule has 6 nitrogen and oxygen atoms in total. The van der Waals surface area contributed by atoms with Crippen LogP contribution in [0.1, 0.15) is 33.1 Å². The summed E-state index contributed by atoms with van der Waals surface area (Å²) in [6.07, 6.45) is 6.53. The van der Waals surface area contributed by atoms with Gasteiger partial charge in [0.2, 0.25) is 0 Å². The number of hydrogen-bond donors (Lipinski definition) is 2. The molecule has 2 N–H and O–H groups in total. The molecule has 1 aromatic heterocycles. The van der Waals surface area contributed by atoms with Gasteiger partial charge in [0.05, 0.1) is 30.5 Å². The Kier molecular flexibility index (Phi) is 4.71. The molecule has 1 aromatic rings. The molecule has 2 aliphatic heterocycles. The van der Waals surface area contributed by atoms with Gasteiger partial charge in [-0.05, 0) is 38.8 Å². The topological polar surface area (TPSA) is 66.5 Å². The molecule has 2 unspecified atom stereocenters. The summed E-state index contributed by atoms with van der Waals surface area (Å²) in [6.45, 7) is 6.13. The van der Waals surface area contributed by atoms with E-state index in [-0.39, 0.29) is 23.7 Å². The van der Waals surface area contributed by atoms with Crippen molar-refractivity contribution in [3.8, 4) is 0 Å². The monoisotopic (exact) mass is 318 g/mol. The van der Waals surface area contributed by atoms with Gasteiger partial charge in [-0.15, -0.1) is 0 Å². The van der Waals surface area contributed by atoms with Gasteiger partial charge < -0.3 is 20.3 Å². The number of aromatic nitrogens is 1. The number of carbonyl (C=O) groups excluding carboxylic acids is 1. The first-order valence-corrected chi connectivity index (χ1v) is 8.42. The van der Waals surface area contributed by atoms with Crippen molar-refractivity contribution in [3.63, 3.8) is 0 Å². The molecule has 0 radical (unpaired) electrons. The minimum Gasteiger partial charge on any atom is -0.379 e. The Morgan fingerprint density at radius 1 is 1.52 bits per heavy atom. The summed E-state index contributed by atoms with van der Waals surface area (Å²) in [5, 5.41) is 6.46. The number of rotatable bonds is 3. The van der Waals surface area contributed by atoms with E-state index < -0.39 is 0 Å². The van der Waals surface area contributed by atoms with Crippen molar-refractivity contribution in [3.05, 3.63) is 24.5 Å². The van der Waals surface area contributed by atoms with E-state index >= 15 is 0 Å². The molecule has 0 bridgehead atoms. The van der Waals surface area contributed by atoms with Crippen LogP contribution in [0.25, 0.3) is 0 Å². The first-order chi connectivity index (χ1) is 11.1. The number of ether oxygens (including phenoxy) is 1. The summed E-state index contributed by atoms with van der Waals surface area (Å²) in [6, 6.07) is 4.39. The number of pyridine rings is 1. The summed E-state index contributed by atoms with van der Waals surface area (Å²) in [4.78, 5) is 18.3. The highest BCUT2D eigenvalue weighted by Crippen LogP contribution is 2.35. The predicted molar refractivity (Wildman–Crippen MR) is 89.4 cm³/mol. The third-order valence-corrected chi connectivity index (χ3v) is 4.48. The maximum absolute atomic E-state index is 12.3. The quantitative estimate of drug-likeness (QED) is 0.897. The number of piperidine rings is 1. The fraction of sp³-hybridized carbons (Fsp3) is 0.647. The average Bonchev–Trinajstić information content (AvgIpc) is 2.90.